The Balaban J connectivity index is 2.26. The molecule has 0 saturated heterocycles. The molecule has 0 atom stereocenters. The Kier molecular flexibility index (Phi) is 3.14. The molecule has 0 aromatic carbocycles. The Bertz CT molecular complexity index is 171. The molecular formula is C9H15NO2. The Morgan fingerprint density at radius 1 is 1.42 bits per heavy atom. The molecule has 12 heavy (non-hydrogen) atoms. The van der Waals surface area contributed by atoms with Crippen LogP contribution in [0.1, 0.15) is 25.7 Å². The Morgan fingerprint density at radius 3 is 2.42 bits per heavy atom. The maximum Gasteiger partial charge on any atom is 0.404 e. The fraction of sp³-hybridized carbons (Fsp3) is 0.667. The first-order chi connectivity index (χ1) is 5.72. The average Bonchev–Trinajstić information content (AvgIpc) is 2.05. The zero-order valence-corrected chi connectivity index (χ0v) is 7.16. The quantitative estimate of drug-likeness (QED) is 0.641. The molecule has 0 unspecified atom stereocenters. The summed E-state index contributed by atoms with van der Waals surface area (Å²) in [7, 11) is 0. The zero-order valence-electron chi connectivity index (χ0n) is 7.16. The van der Waals surface area contributed by atoms with Crippen LogP contribution in [0.3, 0.4) is 0 Å². The Hall–Kier alpha value is -0.990. The van der Waals surface area contributed by atoms with Crippen molar-refractivity contribution in [3.05, 3.63) is 12.7 Å². The fourth-order valence-electron chi connectivity index (χ4n) is 1.61. The second kappa shape index (κ2) is 4.14. The lowest BCUT2D eigenvalue weighted by Gasteiger charge is -2.25. The van der Waals surface area contributed by atoms with Gasteiger partial charge >= 0.3 is 6.09 Å². The van der Waals surface area contributed by atoms with Gasteiger partial charge in [-0.2, -0.15) is 0 Å². The highest BCUT2D eigenvalue weighted by Crippen LogP contribution is 2.26. The number of primary amides is 1. The molecule has 1 amide bonds. The molecule has 3 nitrogen and oxygen atoms in total. The summed E-state index contributed by atoms with van der Waals surface area (Å²) in [6.45, 7) is 3.74. The van der Waals surface area contributed by atoms with Gasteiger partial charge in [-0.15, -0.1) is 6.58 Å². The maximum absolute atomic E-state index is 10.4. The summed E-state index contributed by atoms with van der Waals surface area (Å²) >= 11 is 0. The van der Waals surface area contributed by atoms with Crippen molar-refractivity contribution in [1.82, 2.24) is 0 Å². The van der Waals surface area contributed by atoms with E-state index in [4.69, 9.17) is 10.5 Å². The van der Waals surface area contributed by atoms with Crippen molar-refractivity contribution in [2.45, 2.75) is 31.8 Å². The first-order valence-electron chi connectivity index (χ1n) is 4.31. The zero-order chi connectivity index (χ0) is 8.97. The molecule has 0 aromatic heterocycles. The van der Waals surface area contributed by atoms with Crippen LogP contribution >= 0.6 is 0 Å². The minimum atomic E-state index is -0.656. The van der Waals surface area contributed by atoms with E-state index in [1.54, 1.807) is 0 Å². The second-order valence-electron chi connectivity index (χ2n) is 3.21. The molecule has 1 aliphatic rings. The highest BCUT2D eigenvalue weighted by molar-refractivity contribution is 5.64. The van der Waals surface area contributed by atoms with Crippen molar-refractivity contribution < 1.29 is 9.53 Å². The normalized spacial score (nSPS) is 29.3. The smallest absolute Gasteiger partial charge is 0.404 e. The summed E-state index contributed by atoms with van der Waals surface area (Å²) in [5.74, 6) is 0.595. The van der Waals surface area contributed by atoms with E-state index in [1.165, 1.54) is 0 Å². The van der Waals surface area contributed by atoms with Gasteiger partial charge in [-0.05, 0) is 31.6 Å². The molecule has 3 heteroatoms. The van der Waals surface area contributed by atoms with Gasteiger partial charge in [0.15, 0.2) is 0 Å². The van der Waals surface area contributed by atoms with E-state index >= 15 is 0 Å². The Morgan fingerprint density at radius 2 is 2.00 bits per heavy atom. The van der Waals surface area contributed by atoms with Crippen molar-refractivity contribution in [1.29, 1.82) is 0 Å². The van der Waals surface area contributed by atoms with Crippen molar-refractivity contribution >= 4 is 6.09 Å². The average molecular weight is 169 g/mol. The number of hydrogen-bond acceptors (Lipinski definition) is 2. The van der Waals surface area contributed by atoms with E-state index in [0.717, 1.165) is 25.7 Å². The van der Waals surface area contributed by atoms with E-state index < -0.39 is 6.09 Å². The van der Waals surface area contributed by atoms with Gasteiger partial charge in [-0.25, -0.2) is 4.79 Å². The monoisotopic (exact) mass is 169 g/mol. The molecule has 0 radical (unpaired) electrons. The third-order valence-corrected chi connectivity index (χ3v) is 2.34. The molecule has 1 aliphatic carbocycles. The second-order valence-corrected chi connectivity index (χ2v) is 3.21. The van der Waals surface area contributed by atoms with Gasteiger partial charge in [-0.1, -0.05) is 6.08 Å². The van der Waals surface area contributed by atoms with Crippen molar-refractivity contribution in [2.75, 3.05) is 0 Å². The minimum absolute atomic E-state index is 0.0405. The van der Waals surface area contributed by atoms with Crippen LogP contribution in [0.4, 0.5) is 4.79 Å². The van der Waals surface area contributed by atoms with E-state index in [0.29, 0.717) is 5.92 Å². The number of rotatable bonds is 2. The summed E-state index contributed by atoms with van der Waals surface area (Å²) in [6, 6.07) is 0. The van der Waals surface area contributed by atoms with E-state index in [1.807, 2.05) is 6.08 Å². The summed E-state index contributed by atoms with van der Waals surface area (Å²) in [5.41, 5.74) is 4.91. The lowest BCUT2D eigenvalue weighted by molar-refractivity contribution is 0.0761. The molecule has 68 valence electrons. The molecule has 0 heterocycles. The number of ether oxygens (including phenoxy) is 1. The van der Waals surface area contributed by atoms with Gasteiger partial charge in [0.05, 0.1) is 0 Å². The lowest BCUT2D eigenvalue weighted by Crippen LogP contribution is -2.26. The van der Waals surface area contributed by atoms with E-state index in [2.05, 4.69) is 6.58 Å². The largest absolute Gasteiger partial charge is 0.446 e. The van der Waals surface area contributed by atoms with Gasteiger partial charge in [-0.3, -0.25) is 0 Å². The first-order valence-corrected chi connectivity index (χ1v) is 4.31. The molecule has 1 saturated carbocycles. The van der Waals surface area contributed by atoms with Crippen LogP contribution in [0, 0.1) is 5.92 Å². The third kappa shape index (κ3) is 2.57. The SMILES string of the molecule is C=CC1CCC(OC(N)=O)CC1. The number of carbonyl (C=O) groups excluding carboxylic acids is 1. The molecule has 1 fully saturated rings. The van der Waals surface area contributed by atoms with E-state index in [9.17, 15) is 4.79 Å². The highest BCUT2D eigenvalue weighted by Gasteiger charge is 2.20. The topological polar surface area (TPSA) is 52.3 Å². The molecule has 0 aliphatic heterocycles. The summed E-state index contributed by atoms with van der Waals surface area (Å²) in [5, 5.41) is 0. The van der Waals surface area contributed by atoms with Gasteiger partial charge in [0.25, 0.3) is 0 Å². The minimum Gasteiger partial charge on any atom is -0.446 e. The molecule has 0 bridgehead atoms. The van der Waals surface area contributed by atoms with Crippen LogP contribution in [0.5, 0.6) is 0 Å². The molecular weight excluding hydrogens is 154 g/mol. The third-order valence-electron chi connectivity index (χ3n) is 2.34. The van der Waals surface area contributed by atoms with Gasteiger partial charge in [0, 0.05) is 0 Å². The van der Waals surface area contributed by atoms with Gasteiger partial charge in [0.2, 0.25) is 0 Å². The number of nitrogens with two attached hydrogens (primary N) is 1. The van der Waals surface area contributed by atoms with Crippen LogP contribution in [-0.4, -0.2) is 12.2 Å². The lowest BCUT2D eigenvalue weighted by atomic mass is 9.87. The summed E-state index contributed by atoms with van der Waals surface area (Å²) < 4.78 is 4.89. The van der Waals surface area contributed by atoms with Gasteiger partial charge in [0.1, 0.15) is 6.10 Å². The number of allylic oxidation sites excluding steroid dienone is 1. The summed E-state index contributed by atoms with van der Waals surface area (Å²) in [4.78, 5) is 10.4. The van der Waals surface area contributed by atoms with Crippen molar-refractivity contribution in [3.63, 3.8) is 0 Å². The first kappa shape index (κ1) is 9.10. The predicted octanol–water partition coefficient (Wildman–Crippen LogP) is 1.83. The Labute approximate surface area is 72.6 Å². The molecule has 0 aromatic rings. The number of hydrogen-bond donors (Lipinski definition) is 1. The van der Waals surface area contributed by atoms with Crippen molar-refractivity contribution in [2.24, 2.45) is 11.7 Å². The molecule has 0 spiro atoms. The molecule has 1 rings (SSSR count). The number of amides is 1. The van der Waals surface area contributed by atoms with Crippen molar-refractivity contribution in [3.8, 4) is 0 Å². The highest BCUT2D eigenvalue weighted by atomic mass is 16.6. The fourth-order valence-corrected chi connectivity index (χ4v) is 1.61. The number of carbonyl (C=O) groups is 1. The van der Waals surface area contributed by atoms with Crippen LogP contribution in [0.25, 0.3) is 0 Å². The van der Waals surface area contributed by atoms with Crippen LogP contribution < -0.4 is 5.73 Å². The molecule has 2 N–H and O–H groups in total. The van der Waals surface area contributed by atoms with Crippen LogP contribution in [-0.2, 0) is 4.74 Å². The maximum atomic E-state index is 10.4. The predicted molar refractivity (Wildman–Crippen MR) is 46.6 cm³/mol. The van der Waals surface area contributed by atoms with Gasteiger partial charge < -0.3 is 10.5 Å². The summed E-state index contributed by atoms with van der Waals surface area (Å²) in [6.07, 6.45) is 5.30. The van der Waals surface area contributed by atoms with E-state index in [-0.39, 0.29) is 6.10 Å². The standard InChI is InChI=1S/C9H15NO2/c1-2-7-3-5-8(6-4-7)12-9(10)11/h2,7-8H,1,3-6H2,(H2,10,11). The van der Waals surface area contributed by atoms with Crippen LogP contribution in [0.15, 0.2) is 12.7 Å². The van der Waals surface area contributed by atoms with Crippen LogP contribution in [0.2, 0.25) is 0 Å².